The maximum atomic E-state index is 8.17. The first-order valence-corrected chi connectivity index (χ1v) is 23.3. The van der Waals surface area contributed by atoms with Gasteiger partial charge in [-0.1, -0.05) is 194 Å². The molecule has 4 heterocycles. The molecule has 0 atom stereocenters. The molecule has 4 N–H and O–H groups in total. The van der Waals surface area contributed by atoms with Gasteiger partial charge in [0.1, 0.15) is 0 Å². The summed E-state index contributed by atoms with van der Waals surface area (Å²) in [6, 6.07) is 78.5. The van der Waals surface area contributed by atoms with Crippen LogP contribution < -0.4 is 11.5 Å². The van der Waals surface area contributed by atoms with Gasteiger partial charge in [-0.2, -0.15) is 0 Å². The second-order valence-corrected chi connectivity index (χ2v) is 17.4. The van der Waals surface area contributed by atoms with Crippen LogP contribution in [0, 0.1) is 0 Å². The lowest BCUT2D eigenvalue weighted by molar-refractivity contribution is 1.12. The van der Waals surface area contributed by atoms with E-state index in [0.29, 0.717) is 56.9 Å². The zero-order valence-corrected chi connectivity index (χ0v) is 37.8. The number of aromatic nitrogens is 6. The van der Waals surface area contributed by atoms with E-state index >= 15 is 0 Å². The number of para-hydroxylation sites is 4. The smallest absolute Gasteiger partial charge is 0.160 e. The van der Waals surface area contributed by atoms with Crippen molar-refractivity contribution in [2.45, 2.75) is 0 Å². The minimum Gasteiger partial charge on any atom is -0.396 e. The molecule has 13 rings (SSSR count). The molecule has 8 nitrogen and oxygen atoms in total. The minimum atomic E-state index is 0.463. The fraction of sp³-hybridized carbons (Fsp3) is 0. The molecule has 0 saturated heterocycles. The largest absolute Gasteiger partial charge is 0.396 e. The summed E-state index contributed by atoms with van der Waals surface area (Å²) in [5, 5.41) is 4.31. The predicted molar refractivity (Wildman–Crippen MR) is 288 cm³/mol. The maximum Gasteiger partial charge on any atom is 0.160 e. The van der Waals surface area contributed by atoms with Gasteiger partial charge in [-0.25, -0.2) is 19.9 Å². The Balaban J connectivity index is 1.26. The summed E-state index contributed by atoms with van der Waals surface area (Å²) in [6.45, 7) is 0. The quantitative estimate of drug-likeness (QED) is 0.147. The van der Waals surface area contributed by atoms with Gasteiger partial charge in [0.2, 0.25) is 0 Å². The van der Waals surface area contributed by atoms with Gasteiger partial charge in [-0.05, 0) is 36.4 Å². The Hall–Kier alpha value is -9.66. The van der Waals surface area contributed by atoms with Gasteiger partial charge in [0, 0.05) is 43.8 Å². The highest BCUT2D eigenvalue weighted by Gasteiger charge is 2.31. The molecule has 0 bridgehead atoms. The van der Waals surface area contributed by atoms with Crippen LogP contribution in [0.5, 0.6) is 0 Å². The highest BCUT2D eigenvalue weighted by molar-refractivity contribution is 6.15. The molecule has 0 fully saturated rings. The highest BCUT2D eigenvalue weighted by atomic mass is 15.1. The van der Waals surface area contributed by atoms with Crippen molar-refractivity contribution in [1.29, 1.82) is 0 Å². The normalized spacial score (nSPS) is 11.5. The van der Waals surface area contributed by atoms with E-state index in [1.165, 1.54) is 0 Å². The van der Waals surface area contributed by atoms with Crippen LogP contribution >= 0.6 is 0 Å². The molecule has 330 valence electrons. The number of rotatable bonds is 8. The van der Waals surface area contributed by atoms with Crippen molar-refractivity contribution in [2.75, 3.05) is 11.5 Å². The summed E-state index contributed by atoms with van der Waals surface area (Å²) >= 11 is 0. The van der Waals surface area contributed by atoms with E-state index in [0.717, 1.165) is 77.3 Å². The van der Waals surface area contributed by atoms with Crippen molar-refractivity contribution in [3.05, 3.63) is 231 Å². The van der Waals surface area contributed by atoms with Crippen LogP contribution in [0.15, 0.2) is 231 Å². The lowest BCUT2D eigenvalue weighted by atomic mass is 9.94. The zero-order valence-electron chi connectivity index (χ0n) is 37.8. The molecule has 0 aliphatic carbocycles. The summed E-state index contributed by atoms with van der Waals surface area (Å²) in [7, 11) is 0. The van der Waals surface area contributed by atoms with Gasteiger partial charge in [-0.15, -0.1) is 0 Å². The average Bonchev–Trinajstić information content (AvgIpc) is 3.94. The Morgan fingerprint density at radius 1 is 0.271 bits per heavy atom. The van der Waals surface area contributed by atoms with Crippen LogP contribution in [0.3, 0.4) is 0 Å². The number of nitrogens with two attached hydrogens (primary N) is 2. The van der Waals surface area contributed by atoms with E-state index in [1.807, 2.05) is 109 Å². The Labute approximate surface area is 403 Å². The molecular weight excluding hydrogens is 857 g/mol. The molecule has 0 unspecified atom stereocenters. The molecule has 0 spiro atoms. The van der Waals surface area contributed by atoms with Crippen LogP contribution in [0.1, 0.15) is 0 Å². The lowest BCUT2D eigenvalue weighted by Gasteiger charge is -2.26. The second-order valence-electron chi connectivity index (χ2n) is 17.4. The van der Waals surface area contributed by atoms with Crippen LogP contribution in [0.2, 0.25) is 0 Å². The van der Waals surface area contributed by atoms with Gasteiger partial charge in [-0.3, -0.25) is 0 Å². The predicted octanol–water partition coefficient (Wildman–Crippen LogP) is 14.6. The number of hydrogen-bond donors (Lipinski definition) is 2. The van der Waals surface area contributed by atoms with E-state index in [-0.39, 0.29) is 0 Å². The fourth-order valence-electron chi connectivity index (χ4n) is 10.2. The van der Waals surface area contributed by atoms with Crippen LogP contribution in [0.25, 0.3) is 123 Å². The van der Waals surface area contributed by atoms with Gasteiger partial charge in [0.25, 0.3) is 0 Å². The lowest BCUT2D eigenvalue weighted by Crippen LogP contribution is -2.14. The molecule has 9 aromatic carbocycles. The summed E-state index contributed by atoms with van der Waals surface area (Å²) in [4.78, 5) is 21.4. The Kier molecular flexibility index (Phi) is 9.62. The first kappa shape index (κ1) is 40.6. The van der Waals surface area contributed by atoms with Gasteiger partial charge in [0.15, 0.2) is 11.6 Å². The molecule has 4 aromatic heterocycles. The van der Waals surface area contributed by atoms with Crippen LogP contribution in [-0.4, -0.2) is 29.1 Å². The SMILES string of the molecule is Nc1c(-c2cc(-c3ccccc3)nc(-c3ccccc3)n2)c(-n2c3ccccc3c3ccccc32)c(N)c(-c2cc(-c3ccccc3)nc(-c3ccccc3)n2)c1-n1c2ccccc2c2ccccc21. The summed E-state index contributed by atoms with van der Waals surface area (Å²) in [6.07, 6.45) is 0. The standard InChI is InChI=1S/C62H42N8/c63-57-55(49-37-47(39-21-5-1-6-22-39)65-61(67-49)41-25-9-3-10-26-41)59(69-51-33-17-13-29-43(51)44-30-14-18-34-52(44)69)58(64)56(60(57)70-53-35-19-15-31-45(53)46-32-16-20-36-54(46)70)50-38-48(40-23-7-2-8-24-40)66-62(68-50)42-27-11-4-12-28-42/h1-38H,63-64H2. The van der Waals surface area contributed by atoms with Gasteiger partial charge in [0.05, 0.1) is 78.7 Å². The Morgan fingerprint density at radius 2 is 0.529 bits per heavy atom. The van der Waals surface area contributed by atoms with Crippen molar-refractivity contribution in [1.82, 2.24) is 29.1 Å². The molecule has 0 aliphatic rings. The number of fused-ring (bicyclic) bond motifs is 6. The number of nitrogens with zero attached hydrogens (tertiary/aromatic N) is 6. The number of nitrogen functional groups attached to an aromatic ring is 2. The Morgan fingerprint density at radius 3 is 0.843 bits per heavy atom. The summed E-state index contributed by atoms with van der Waals surface area (Å²) in [5.74, 6) is 1.11. The summed E-state index contributed by atoms with van der Waals surface area (Å²) in [5.41, 5.74) is 30.1. The maximum absolute atomic E-state index is 8.17. The van der Waals surface area contributed by atoms with E-state index in [9.17, 15) is 0 Å². The topological polar surface area (TPSA) is 113 Å². The van der Waals surface area contributed by atoms with Crippen LogP contribution in [-0.2, 0) is 0 Å². The average molecular weight is 899 g/mol. The number of hydrogen-bond acceptors (Lipinski definition) is 6. The molecule has 0 saturated carbocycles. The summed E-state index contributed by atoms with van der Waals surface area (Å²) < 4.78 is 4.52. The van der Waals surface area contributed by atoms with E-state index in [4.69, 9.17) is 31.4 Å². The monoisotopic (exact) mass is 898 g/mol. The molecule has 70 heavy (non-hydrogen) atoms. The molecule has 0 radical (unpaired) electrons. The van der Waals surface area contributed by atoms with Crippen molar-refractivity contribution < 1.29 is 0 Å². The zero-order chi connectivity index (χ0) is 46.7. The molecule has 13 aromatic rings. The van der Waals surface area contributed by atoms with Crippen molar-refractivity contribution in [2.24, 2.45) is 0 Å². The Bertz CT molecular complexity index is 3630. The third kappa shape index (κ3) is 6.61. The first-order valence-electron chi connectivity index (χ1n) is 23.3. The fourth-order valence-corrected chi connectivity index (χ4v) is 10.2. The molecule has 8 heteroatoms. The van der Waals surface area contributed by atoms with Crippen molar-refractivity contribution >= 4 is 55.0 Å². The molecular formula is C62H42N8. The number of benzene rings is 9. The van der Waals surface area contributed by atoms with Crippen molar-refractivity contribution in [3.8, 4) is 79.2 Å². The van der Waals surface area contributed by atoms with E-state index < -0.39 is 0 Å². The minimum absolute atomic E-state index is 0.463. The second kappa shape index (κ2) is 16.6. The third-order valence-electron chi connectivity index (χ3n) is 13.3. The highest BCUT2D eigenvalue weighted by Crippen LogP contribution is 2.51. The van der Waals surface area contributed by atoms with E-state index in [2.05, 4.69) is 130 Å². The first-order chi connectivity index (χ1) is 34.6. The van der Waals surface area contributed by atoms with Crippen molar-refractivity contribution in [3.63, 3.8) is 0 Å². The number of anilines is 2. The molecule has 0 amide bonds. The van der Waals surface area contributed by atoms with Crippen LogP contribution in [0.4, 0.5) is 11.4 Å². The third-order valence-corrected chi connectivity index (χ3v) is 13.3. The van der Waals surface area contributed by atoms with Gasteiger partial charge < -0.3 is 20.6 Å². The molecule has 0 aliphatic heterocycles. The van der Waals surface area contributed by atoms with E-state index in [1.54, 1.807) is 0 Å². The van der Waals surface area contributed by atoms with Gasteiger partial charge >= 0.3 is 0 Å².